The molecule has 0 amide bonds. The summed E-state index contributed by atoms with van der Waals surface area (Å²) in [5, 5.41) is 4.55. The lowest BCUT2D eigenvalue weighted by molar-refractivity contribution is 0.0293. The summed E-state index contributed by atoms with van der Waals surface area (Å²) in [6, 6.07) is 0. The molecule has 1 unspecified atom stereocenters. The third-order valence-corrected chi connectivity index (χ3v) is 3.68. The lowest BCUT2D eigenvalue weighted by Crippen LogP contribution is -2.18. The Labute approximate surface area is 115 Å². The van der Waals surface area contributed by atoms with Crippen LogP contribution in [-0.4, -0.2) is 18.1 Å². The van der Waals surface area contributed by atoms with E-state index >= 15 is 0 Å². The first-order valence-electron chi connectivity index (χ1n) is 6.81. The second-order valence-electron chi connectivity index (χ2n) is 5.31. The standard InChI is InChI=1S/C14H26N2OS/c1-6-17-13(11(4)5)14-16-9-12(18-14)8-15-7-10(2)3/h9-11,13,15H,6-8H2,1-5H3. The van der Waals surface area contributed by atoms with Crippen molar-refractivity contribution in [2.45, 2.75) is 47.3 Å². The molecular weight excluding hydrogens is 244 g/mol. The highest BCUT2D eigenvalue weighted by atomic mass is 32.1. The smallest absolute Gasteiger partial charge is 0.122 e. The molecule has 1 aromatic heterocycles. The van der Waals surface area contributed by atoms with Crippen molar-refractivity contribution >= 4 is 11.3 Å². The molecule has 0 aromatic carbocycles. The van der Waals surface area contributed by atoms with E-state index < -0.39 is 0 Å². The van der Waals surface area contributed by atoms with Crippen molar-refractivity contribution in [1.29, 1.82) is 0 Å². The molecule has 1 aromatic rings. The van der Waals surface area contributed by atoms with Crippen LogP contribution in [-0.2, 0) is 11.3 Å². The summed E-state index contributed by atoms with van der Waals surface area (Å²) in [6.07, 6.45) is 2.11. The maximum Gasteiger partial charge on any atom is 0.122 e. The Morgan fingerprint density at radius 1 is 1.33 bits per heavy atom. The Hall–Kier alpha value is -0.450. The predicted molar refractivity (Wildman–Crippen MR) is 77.9 cm³/mol. The van der Waals surface area contributed by atoms with Crippen LogP contribution >= 0.6 is 11.3 Å². The molecule has 0 saturated carbocycles. The van der Waals surface area contributed by atoms with Gasteiger partial charge in [0.2, 0.25) is 0 Å². The molecule has 18 heavy (non-hydrogen) atoms. The zero-order valence-electron chi connectivity index (χ0n) is 12.2. The van der Waals surface area contributed by atoms with E-state index in [1.54, 1.807) is 11.3 Å². The van der Waals surface area contributed by atoms with Gasteiger partial charge in [-0.05, 0) is 25.3 Å². The first-order chi connectivity index (χ1) is 8.54. The molecule has 0 fully saturated rings. The predicted octanol–water partition coefficient (Wildman–Crippen LogP) is 3.62. The van der Waals surface area contributed by atoms with Gasteiger partial charge in [-0.1, -0.05) is 27.7 Å². The van der Waals surface area contributed by atoms with Crippen LogP contribution in [0, 0.1) is 11.8 Å². The van der Waals surface area contributed by atoms with Gasteiger partial charge in [0, 0.05) is 24.2 Å². The number of thiazole rings is 1. The van der Waals surface area contributed by atoms with Crippen LogP contribution in [0.4, 0.5) is 0 Å². The summed E-state index contributed by atoms with van der Waals surface area (Å²) < 4.78 is 5.77. The average molecular weight is 270 g/mol. The van der Waals surface area contributed by atoms with Crippen LogP contribution in [0.5, 0.6) is 0 Å². The van der Waals surface area contributed by atoms with Crippen LogP contribution in [0.15, 0.2) is 6.20 Å². The van der Waals surface area contributed by atoms with E-state index in [-0.39, 0.29) is 6.10 Å². The molecule has 1 rings (SSSR count). The Balaban J connectivity index is 2.55. The Kier molecular flexibility index (Phi) is 6.82. The van der Waals surface area contributed by atoms with Crippen molar-refractivity contribution in [3.63, 3.8) is 0 Å². The highest BCUT2D eigenvalue weighted by Crippen LogP contribution is 2.29. The molecule has 3 nitrogen and oxygen atoms in total. The molecular formula is C14H26N2OS. The van der Waals surface area contributed by atoms with Crippen molar-refractivity contribution in [2.75, 3.05) is 13.2 Å². The van der Waals surface area contributed by atoms with Crippen molar-refractivity contribution in [3.05, 3.63) is 16.1 Å². The highest BCUT2D eigenvalue weighted by Gasteiger charge is 2.19. The summed E-state index contributed by atoms with van der Waals surface area (Å²) >= 11 is 1.76. The lowest BCUT2D eigenvalue weighted by atomic mass is 10.1. The molecule has 0 radical (unpaired) electrons. The van der Waals surface area contributed by atoms with Gasteiger partial charge in [-0.3, -0.25) is 0 Å². The quantitative estimate of drug-likeness (QED) is 0.783. The minimum atomic E-state index is 0.138. The molecule has 0 saturated heterocycles. The van der Waals surface area contributed by atoms with Gasteiger partial charge in [0.05, 0.1) is 0 Å². The summed E-state index contributed by atoms with van der Waals surface area (Å²) in [6.45, 7) is 13.5. The van der Waals surface area contributed by atoms with E-state index in [2.05, 4.69) is 38.0 Å². The molecule has 4 heteroatoms. The number of nitrogens with zero attached hydrogens (tertiary/aromatic N) is 1. The van der Waals surface area contributed by atoms with Gasteiger partial charge in [0.15, 0.2) is 0 Å². The number of aromatic nitrogens is 1. The highest BCUT2D eigenvalue weighted by molar-refractivity contribution is 7.11. The van der Waals surface area contributed by atoms with Gasteiger partial charge < -0.3 is 10.1 Å². The first-order valence-corrected chi connectivity index (χ1v) is 7.63. The Bertz CT molecular complexity index is 336. The van der Waals surface area contributed by atoms with Gasteiger partial charge >= 0.3 is 0 Å². The molecule has 0 spiro atoms. The van der Waals surface area contributed by atoms with Crippen LogP contribution in [0.1, 0.15) is 50.6 Å². The number of hydrogen-bond acceptors (Lipinski definition) is 4. The third kappa shape index (κ3) is 5.04. The average Bonchev–Trinajstić information content (AvgIpc) is 2.73. The summed E-state index contributed by atoms with van der Waals surface area (Å²) in [4.78, 5) is 5.80. The second-order valence-corrected chi connectivity index (χ2v) is 6.46. The van der Waals surface area contributed by atoms with E-state index in [4.69, 9.17) is 4.74 Å². The van der Waals surface area contributed by atoms with Gasteiger partial charge in [-0.2, -0.15) is 0 Å². The van der Waals surface area contributed by atoms with E-state index in [0.29, 0.717) is 11.8 Å². The van der Waals surface area contributed by atoms with Crippen LogP contribution in [0.3, 0.4) is 0 Å². The largest absolute Gasteiger partial charge is 0.371 e. The zero-order chi connectivity index (χ0) is 13.5. The Morgan fingerprint density at radius 3 is 2.61 bits per heavy atom. The molecule has 0 bridgehead atoms. The normalized spacial score (nSPS) is 13.5. The van der Waals surface area contributed by atoms with Crippen LogP contribution < -0.4 is 5.32 Å². The SMILES string of the molecule is CCOC(c1ncc(CNCC(C)C)s1)C(C)C. The molecule has 0 aliphatic carbocycles. The first kappa shape index (κ1) is 15.6. The number of hydrogen-bond donors (Lipinski definition) is 1. The van der Waals surface area contributed by atoms with E-state index in [9.17, 15) is 0 Å². The lowest BCUT2D eigenvalue weighted by Gasteiger charge is -2.17. The van der Waals surface area contributed by atoms with E-state index in [1.165, 1.54) is 4.88 Å². The molecule has 1 N–H and O–H groups in total. The number of nitrogens with one attached hydrogen (secondary N) is 1. The van der Waals surface area contributed by atoms with Gasteiger partial charge in [-0.15, -0.1) is 11.3 Å². The van der Waals surface area contributed by atoms with Crippen LogP contribution in [0.25, 0.3) is 0 Å². The fourth-order valence-electron chi connectivity index (χ4n) is 1.75. The van der Waals surface area contributed by atoms with Crippen molar-refractivity contribution in [1.82, 2.24) is 10.3 Å². The number of rotatable bonds is 8. The zero-order valence-corrected chi connectivity index (χ0v) is 13.0. The van der Waals surface area contributed by atoms with E-state index in [1.807, 2.05) is 13.1 Å². The molecule has 104 valence electrons. The van der Waals surface area contributed by atoms with Crippen molar-refractivity contribution in [3.8, 4) is 0 Å². The second kappa shape index (κ2) is 7.87. The Morgan fingerprint density at radius 2 is 2.06 bits per heavy atom. The molecule has 1 heterocycles. The van der Waals surface area contributed by atoms with Gasteiger partial charge in [0.25, 0.3) is 0 Å². The molecule has 0 aliphatic rings. The summed E-state index contributed by atoms with van der Waals surface area (Å²) in [5.41, 5.74) is 0. The molecule has 0 aliphatic heterocycles. The van der Waals surface area contributed by atoms with Crippen molar-refractivity contribution < 1.29 is 4.74 Å². The minimum absolute atomic E-state index is 0.138. The van der Waals surface area contributed by atoms with E-state index in [0.717, 1.165) is 24.7 Å². The fraction of sp³-hybridized carbons (Fsp3) is 0.786. The maximum absolute atomic E-state index is 5.77. The third-order valence-electron chi connectivity index (χ3n) is 2.62. The fourth-order valence-corrected chi connectivity index (χ4v) is 2.86. The molecule has 1 atom stereocenters. The topological polar surface area (TPSA) is 34.1 Å². The van der Waals surface area contributed by atoms with Crippen molar-refractivity contribution in [2.24, 2.45) is 11.8 Å². The van der Waals surface area contributed by atoms with Gasteiger partial charge in [-0.25, -0.2) is 4.98 Å². The van der Waals surface area contributed by atoms with Crippen LogP contribution in [0.2, 0.25) is 0 Å². The maximum atomic E-state index is 5.77. The monoisotopic (exact) mass is 270 g/mol. The summed E-state index contributed by atoms with van der Waals surface area (Å²) in [5.74, 6) is 1.15. The van der Waals surface area contributed by atoms with Gasteiger partial charge in [0.1, 0.15) is 11.1 Å². The summed E-state index contributed by atoms with van der Waals surface area (Å²) in [7, 11) is 0. The number of ether oxygens (including phenoxy) is 1. The minimum Gasteiger partial charge on any atom is -0.371 e.